The minimum atomic E-state index is -1.36. The van der Waals surface area contributed by atoms with Gasteiger partial charge in [-0.2, -0.15) is 0 Å². The third-order valence-corrected chi connectivity index (χ3v) is 7.93. The van der Waals surface area contributed by atoms with Crippen molar-refractivity contribution in [2.24, 2.45) is 0 Å². The van der Waals surface area contributed by atoms with E-state index in [1.54, 1.807) is 6.07 Å². The molecule has 260 valence electrons. The first kappa shape index (κ1) is 39.0. The average molecular weight is 657 g/mol. The summed E-state index contributed by atoms with van der Waals surface area (Å²) in [6.45, 7) is 1.04. The molecule has 0 fully saturated rings. The van der Waals surface area contributed by atoms with Gasteiger partial charge in [0.15, 0.2) is 0 Å². The maximum atomic E-state index is 13.3. The topological polar surface area (TPSA) is 157 Å². The Labute approximate surface area is 278 Å². The van der Waals surface area contributed by atoms with E-state index in [0.29, 0.717) is 22.8 Å². The number of nitro groups is 1. The number of nitro benzene ring substituents is 1. The van der Waals surface area contributed by atoms with Gasteiger partial charge in [0.2, 0.25) is 0 Å². The van der Waals surface area contributed by atoms with Gasteiger partial charge in [0.1, 0.15) is 31.2 Å². The van der Waals surface area contributed by atoms with Gasteiger partial charge in [0, 0.05) is 12.1 Å². The quantitative estimate of drug-likeness (QED) is 0.0547. The molecule has 0 saturated carbocycles. The van der Waals surface area contributed by atoms with E-state index in [9.17, 15) is 34.7 Å². The van der Waals surface area contributed by atoms with Crippen molar-refractivity contribution in [1.82, 2.24) is 4.90 Å². The predicted molar refractivity (Wildman–Crippen MR) is 180 cm³/mol. The molecule has 0 bridgehead atoms. The molecule has 2 aromatic carbocycles. The molecule has 2 N–H and O–H groups in total. The molecular formula is C36H52N2O9. The zero-order valence-corrected chi connectivity index (χ0v) is 27.8. The maximum Gasteiger partial charge on any atom is 0.323 e. The standard InChI is InChI=1S/C36H52N2O9/c1-2-3-4-5-6-7-8-9-10-11-12-13-14-15-16-17-24-46-31-22-23-33(47-28-29-18-20-30(21-19-29)38(44)45)32(25-31)36(43)37(26-34(39)40)27-35(41)42/h18-23,25H,2-17,24,26-28H2,1H3,(H,39,40)(H,41,42). The molecule has 2 rings (SSSR count). The van der Waals surface area contributed by atoms with E-state index in [2.05, 4.69) is 6.92 Å². The molecule has 0 atom stereocenters. The zero-order valence-electron chi connectivity index (χ0n) is 27.8. The Morgan fingerprint density at radius 3 is 1.66 bits per heavy atom. The number of carboxylic acid groups (broad SMARTS) is 2. The summed E-state index contributed by atoms with van der Waals surface area (Å²) in [6.07, 6.45) is 20.2. The number of ether oxygens (including phenoxy) is 2. The Morgan fingerprint density at radius 1 is 0.702 bits per heavy atom. The Morgan fingerprint density at radius 2 is 1.19 bits per heavy atom. The van der Waals surface area contributed by atoms with E-state index in [1.807, 2.05) is 0 Å². The molecule has 11 nitrogen and oxygen atoms in total. The SMILES string of the molecule is CCCCCCCCCCCCCCCCCCOc1ccc(OCc2ccc([N+](=O)[O-])cc2)c(C(=O)N(CC(=O)O)CC(=O)O)c1. The average Bonchev–Trinajstić information content (AvgIpc) is 3.04. The fourth-order valence-electron chi connectivity index (χ4n) is 5.30. The summed E-state index contributed by atoms with van der Waals surface area (Å²) in [5.41, 5.74) is 0.484. The van der Waals surface area contributed by atoms with Crippen molar-refractivity contribution in [3.05, 3.63) is 63.7 Å². The highest BCUT2D eigenvalue weighted by atomic mass is 16.6. The van der Waals surface area contributed by atoms with Crippen LogP contribution in [0.2, 0.25) is 0 Å². The monoisotopic (exact) mass is 656 g/mol. The second kappa shape index (κ2) is 23.2. The van der Waals surface area contributed by atoms with Crippen LogP contribution in [-0.2, 0) is 16.2 Å². The van der Waals surface area contributed by atoms with E-state index >= 15 is 0 Å². The van der Waals surface area contributed by atoms with Crippen LogP contribution in [0.1, 0.15) is 126 Å². The van der Waals surface area contributed by atoms with Crippen LogP contribution in [0.4, 0.5) is 5.69 Å². The number of hydrogen-bond donors (Lipinski definition) is 2. The number of amides is 1. The summed E-state index contributed by atoms with van der Waals surface area (Å²) in [6, 6.07) is 10.3. The number of unbranched alkanes of at least 4 members (excludes halogenated alkanes) is 15. The van der Waals surface area contributed by atoms with Crippen LogP contribution in [-0.4, -0.2) is 57.6 Å². The first-order valence-electron chi connectivity index (χ1n) is 17.1. The molecule has 0 unspecified atom stereocenters. The Balaban J connectivity index is 1.82. The summed E-state index contributed by atoms with van der Waals surface area (Å²) < 4.78 is 11.7. The summed E-state index contributed by atoms with van der Waals surface area (Å²) in [7, 11) is 0. The van der Waals surface area contributed by atoms with Gasteiger partial charge in [-0.1, -0.05) is 103 Å². The smallest absolute Gasteiger partial charge is 0.323 e. The number of carboxylic acids is 2. The molecule has 0 aliphatic carbocycles. The van der Waals surface area contributed by atoms with Gasteiger partial charge in [-0.3, -0.25) is 24.5 Å². The molecule has 2 aromatic rings. The van der Waals surface area contributed by atoms with Crippen molar-refractivity contribution in [3.63, 3.8) is 0 Å². The summed E-state index contributed by atoms with van der Waals surface area (Å²) >= 11 is 0. The lowest BCUT2D eigenvalue weighted by molar-refractivity contribution is -0.384. The minimum Gasteiger partial charge on any atom is -0.494 e. The Kier molecular flexibility index (Phi) is 19.3. The molecule has 0 heterocycles. The van der Waals surface area contributed by atoms with Crippen molar-refractivity contribution < 1.29 is 39.0 Å². The highest BCUT2D eigenvalue weighted by Gasteiger charge is 2.25. The second-order valence-electron chi connectivity index (χ2n) is 12.0. The van der Waals surface area contributed by atoms with Gasteiger partial charge in [-0.25, -0.2) is 0 Å². The van der Waals surface area contributed by atoms with Crippen molar-refractivity contribution in [2.75, 3.05) is 19.7 Å². The van der Waals surface area contributed by atoms with Crippen LogP contribution in [0.15, 0.2) is 42.5 Å². The number of carbonyl (C=O) groups is 3. The van der Waals surface area contributed by atoms with Crippen molar-refractivity contribution in [3.8, 4) is 11.5 Å². The number of aliphatic carboxylic acids is 2. The van der Waals surface area contributed by atoms with Crippen LogP contribution < -0.4 is 9.47 Å². The van der Waals surface area contributed by atoms with Gasteiger partial charge in [-0.15, -0.1) is 0 Å². The number of non-ortho nitro benzene ring substituents is 1. The van der Waals surface area contributed by atoms with Gasteiger partial charge < -0.3 is 24.6 Å². The van der Waals surface area contributed by atoms with E-state index in [-0.39, 0.29) is 23.6 Å². The molecule has 47 heavy (non-hydrogen) atoms. The van der Waals surface area contributed by atoms with E-state index in [4.69, 9.17) is 9.47 Å². The fraction of sp³-hybridized carbons (Fsp3) is 0.583. The number of carbonyl (C=O) groups excluding carboxylic acids is 1. The van der Waals surface area contributed by atoms with E-state index < -0.39 is 35.9 Å². The molecule has 0 radical (unpaired) electrons. The van der Waals surface area contributed by atoms with Crippen molar-refractivity contribution in [2.45, 2.75) is 116 Å². The van der Waals surface area contributed by atoms with Gasteiger partial charge >= 0.3 is 11.9 Å². The number of nitrogens with zero attached hydrogens (tertiary/aromatic N) is 2. The summed E-state index contributed by atoms with van der Waals surface area (Å²) in [5, 5.41) is 29.4. The van der Waals surface area contributed by atoms with Crippen molar-refractivity contribution >= 4 is 23.5 Å². The summed E-state index contributed by atoms with van der Waals surface area (Å²) in [4.78, 5) is 47.2. The second-order valence-corrected chi connectivity index (χ2v) is 12.0. The van der Waals surface area contributed by atoms with Gasteiger partial charge in [0.05, 0.1) is 17.1 Å². The van der Waals surface area contributed by atoms with Gasteiger partial charge in [-0.05, 0) is 42.3 Å². The van der Waals surface area contributed by atoms with Gasteiger partial charge in [0.25, 0.3) is 11.6 Å². The molecule has 0 aromatic heterocycles. The third kappa shape index (κ3) is 16.8. The zero-order chi connectivity index (χ0) is 34.3. The van der Waals surface area contributed by atoms with Crippen LogP contribution in [0.5, 0.6) is 11.5 Å². The maximum absolute atomic E-state index is 13.3. The number of hydrogen-bond acceptors (Lipinski definition) is 7. The Bertz CT molecular complexity index is 1220. The predicted octanol–water partition coefficient (Wildman–Crippen LogP) is 8.43. The lowest BCUT2D eigenvalue weighted by Gasteiger charge is -2.21. The van der Waals surface area contributed by atoms with Crippen LogP contribution in [0, 0.1) is 10.1 Å². The van der Waals surface area contributed by atoms with Crippen LogP contribution >= 0.6 is 0 Å². The Hall–Kier alpha value is -4.15. The highest BCUT2D eigenvalue weighted by molar-refractivity contribution is 6.00. The first-order valence-corrected chi connectivity index (χ1v) is 17.1. The largest absolute Gasteiger partial charge is 0.494 e. The number of benzene rings is 2. The lowest BCUT2D eigenvalue weighted by atomic mass is 10.0. The molecule has 0 saturated heterocycles. The highest BCUT2D eigenvalue weighted by Crippen LogP contribution is 2.27. The molecule has 1 amide bonds. The fourth-order valence-corrected chi connectivity index (χ4v) is 5.30. The molecule has 0 aliphatic heterocycles. The molecule has 0 spiro atoms. The number of rotatable bonds is 27. The summed E-state index contributed by atoms with van der Waals surface area (Å²) in [5.74, 6) is -3.07. The van der Waals surface area contributed by atoms with E-state index in [0.717, 1.165) is 19.3 Å². The van der Waals surface area contributed by atoms with E-state index in [1.165, 1.54) is 120 Å². The van der Waals surface area contributed by atoms with Crippen molar-refractivity contribution in [1.29, 1.82) is 0 Å². The first-order chi connectivity index (χ1) is 22.7. The minimum absolute atomic E-state index is 0.0322. The molecule has 0 aliphatic rings. The normalized spacial score (nSPS) is 10.8. The van der Waals surface area contributed by atoms with Crippen LogP contribution in [0.3, 0.4) is 0 Å². The molecule has 11 heteroatoms. The third-order valence-electron chi connectivity index (χ3n) is 7.93. The molecular weight excluding hydrogens is 604 g/mol. The van der Waals surface area contributed by atoms with Crippen LogP contribution in [0.25, 0.3) is 0 Å². The lowest BCUT2D eigenvalue weighted by Crippen LogP contribution is -2.39.